The quantitative estimate of drug-likeness (QED) is 0.562. The number of hydrogen-bond acceptors (Lipinski definition) is 2. The summed E-state index contributed by atoms with van der Waals surface area (Å²) in [6.45, 7) is 0. The van der Waals surface area contributed by atoms with Crippen molar-refractivity contribution in [2.24, 2.45) is 5.10 Å². The van der Waals surface area contributed by atoms with E-state index in [4.69, 9.17) is 5.11 Å². The molecule has 1 aromatic rings. The van der Waals surface area contributed by atoms with E-state index in [9.17, 15) is 13.6 Å². The monoisotopic (exact) mass is 200 g/mol. The Labute approximate surface area is 77.9 Å². The van der Waals surface area contributed by atoms with Gasteiger partial charge in [-0.25, -0.2) is 19.0 Å². The van der Waals surface area contributed by atoms with Gasteiger partial charge in [0.15, 0.2) is 0 Å². The van der Waals surface area contributed by atoms with Crippen LogP contribution in [0.15, 0.2) is 23.3 Å². The highest BCUT2D eigenvalue weighted by Gasteiger charge is 1.97. The third kappa shape index (κ3) is 3.18. The highest BCUT2D eigenvalue weighted by atomic mass is 19.1. The van der Waals surface area contributed by atoms with Gasteiger partial charge in [-0.1, -0.05) is 0 Å². The van der Waals surface area contributed by atoms with Crippen LogP contribution in [0.3, 0.4) is 0 Å². The van der Waals surface area contributed by atoms with Gasteiger partial charge in [0, 0.05) is 11.6 Å². The first-order chi connectivity index (χ1) is 6.58. The van der Waals surface area contributed by atoms with E-state index in [1.54, 1.807) is 5.43 Å². The molecule has 6 heteroatoms. The third-order valence-corrected chi connectivity index (χ3v) is 1.26. The molecule has 1 rings (SSSR count). The molecule has 14 heavy (non-hydrogen) atoms. The fraction of sp³-hybridized carbons (Fsp3) is 0. The number of benzene rings is 1. The van der Waals surface area contributed by atoms with Crippen LogP contribution in [0.5, 0.6) is 0 Å². The smallest absolute Gasteiger partial charge is 0.425 e. The number of amides is 1. The largest absolute Gasteiger partial charge is 0.464 e. The number of rotatable bonds is 2. The predicted molar refractivity (Wildman–Crippen MR) is 45.1 cm³/mol. The van der Waals surface area contributed by atoms with Crippen molar-refractivity contribution in [3.63, 3.8) is 0 Å². The summed E-state index contributed by atoms with van der Waals surface area (Å²) in [5.41, 5.74) is 1.81. The van der Waals surface area contributed by atoms with Crippen LogP contribution >= 0.6 is 0 Å². The topological polar surface area (TPSA) is 61.7 Å². The first-order valence-electron chi connectivity index (χ1n) is 3.56. The normalized spacial score (nSPS) is 10.4. The Morgan fingerprint density at radius 1 is 1.36 bits per heavy atom. The fourth-order valence-corrected chi connectivity index (χ4v) is 0.812. The van der Waals surface area contributed by atoms with E-state index in [1.807, 2.05) is 0 Å². The van der Waals surface area contributed by atoms with Crippen LogP contribution in [0, 0.1) is 11.6 Å². The van der Waals surface area contributed by atoms with Crippen molar-refractivity contribution in [3.05, 3.63) is 35.4 Å². The van der Waals surface area contributed by atoms with E-state index < -0.39 is 17.7 Å². The van der Waals surface area contributed by atoms with Crippen LogP contribution < -0.4 is 5.43 Å². The number of nitrogens with zero attached hydrogens (tertiary/aromatic N) is 1. The van der Waals surface area contributed by atoms with Crippen LogP contribution in [0.25, 0.3) is 0 Å². The van der Waals surface area contributed by atoms with E-state index in [0.717, 1.165) is 18.3 Å². The molecule has 74 valence electrons. The lowest BCUT2D eigenvalue weighted by molar-refractivity contribution is 0.195. The zero-order valence-electron chi connectivity index (χ0n) is 6.87. The summed E-state index contributed by atoms with van der Waals surface area (Å²) in [4.78, 5) is 9.95. The Bertz CT molecular complexity index is 359. The molecule has 0 aromatic heterocycles. The Morgan fingerprint density at radius 2 is 1.93 bits per heavy atom. The van der Waals surface area contributed by atoms with Gasteiger partial charge in [0.1, 0.15) is 11.6 Å². The molecule has 0 fully saturated rings. The summed E-state index contributed by atoms with van der Waals surface area (Å²) in [5.74, 6) is -1.50. The van der Waals surface area contributed by atoms with Crippen molar-refractivity contribution in [2.75, 3.05) is 0 Å². The number of halogens is 2. The van der Waals surface area contributed by atoms with Crippen LogP contribution in [0.1, 0.15) is 5.56 Å². The van der Waals surface area contributed by atoms with Crippen molar-refractivity contribution >= 4 is 12.3 Å². The number of carbonyl (C=O) groups is 1. The molecule has 0 aliphatic rings. The average Bonchev–Trinajstić information content (AvgIpc) is 2.01. The summed E-state index contributed by atoms with van der Waals surface area (Å²) >= 11 is 0. The van der Waals surface area contributed by atoms with E-state index in [0.29, 0.717) is 6.07 Å². The molecule has 1 amide bonds. The Morgan fingerprint density at radius 3 is 2.43 bits per heavy atom. The van der Waals surface area contributed by atoms with Crippen molar-refractivity contribution in [1.82, 2.24) is 5.43 Å². The molecule has 0 saturated heterocycles. The van der Waals surface area contributed by atoms with Gasteiger partial charge < -0.3 is 5.11 Å². The second-order valence-electron chi connectivity index (χ2n) is 2.38. The molecular formula is C8H6F2N2O2. The SMILES string of the molecule is O=C(O)N/N=C/c1cc(F)cc(F)c1. The van der Waals surface area contributed by atoms with Crippen LogP contribution in [-0.2, 0) is 0 Å². The summed E-state index contributed by atoms with van der Waals surface area (Å²) in [7, 11) is 0. The van der Waals surface area contributed by atoms with Gasteiger partial charge in [-0.3, -0.25) is 0 Å². The van der Waals surface area contributed by atoms with E-state index in [2.05, 4.69) is 5.10 Å². The second-order valence-corrected chi connectivity index (χ2v) is 2.38. The minimum Gasteiger partial charge on any atom is -0.464 e. The minimum absolute atomic E-state index is 0.135. The van der Waals surface area contributed by atoms with Crippen molar-refractivity contribution in [1.29, 1.82) is 0 Å². The Hall–Kier alpha value is -1.98. The van der Waals surface area contributed by atoms with Crippen LogP contribution in [0.2, 0.25) is 0 Å². The van der Waals surface area contributed by atoms with E-state index in [-0.39, 0.29) is 5.56 Å². The van der Waals surface area contributed by atoms with E-state index >= 15 is 0 Å². The minimum atomic E-state index is -1.35. The lowest BCUT2D eigenvalue weighted by Crippen LogP contribution is -2.13. The van der Waals surface area contributed by atoms with Gasteiger partial charge in [0.05, 0.1) is 6.21 Å². The highest BCUT2D eigenvalue weighted by Crippen LogP contribution is 2.05. The molecule has 0 atom stereocenters. The second kappa shape index (κ2) is 4.31. The van der Waals surface area contributed by atoms with Crippen molar-refractivity contribution in [3.8, 4) is 0 Å². The van der Waals surface area contributed by atoms with Crippen LogP contribution in [-0.4, -0.2) is 17.4 Å². The zero-order chi connectivity index (χ0) is 10.6. The zero-order valence-corrected chi connectivity index (χ0v) is 6.87. The number of carboxylic acid groups (broad SMARTS) is 1. The molecule has 0 aliphatic heterocycles. The molecule has 1 aromatic carbocycles. The third-order valence-electron chi connectivity index (χ3n) is 1.26. The average molecular weight is 200 g/mol. The van der Waals surface area contributed by atoms with Crippen molar-refractivity contribution < 1.29 is 18.7 Å². The summed E-state index contributed by atoms with van der Waals surface area (Å²) < 4.78 is 25.2. The number of hydrazone groups is 1. The maximum Gasteiger partial charge on any atom is 0.425 e. The van der Waals surface area contributed by atoms with Gasteiger partial charge in [0.2, 0.25) is 0 Å². The van der Waals surface area contributed by atoms with Gasteiger partial charge in [-0.15, -0.1) is 0 Å². The summed E-state index contributed by atoms with van der Waals surface area (Å²) in [6, 6.07) is 2.76. The number of hydrogen-bond donors (Lipinski definition) is 2. The molecule has 0 heterocycles. The number of nitrogens with one attached hydrogen (secondary N) is 1. The van der Waals surface area contributed by atoms with E-state index in [1.165, 1.54) is 0 Å². The van der Waals surface area contributed by atoms with Gasteiger partial charge in [-0.05, 0) is 12.1 Å². The summed E-state index contributed by atoms with van der Waals surface area (Å²) in [6.07, 6.45) is -0.349. The molecule has 2 N–H and O–H groups in total. The maximum atomic E-state index is 12.6. The molecule has 4 nitrogen and oxygen atoms in total. The van der Waals surface area contributed by atoms with Crippen molar-refractivity contribution in [2.45, 2.75) is 0 Å². The van der Waals surface area contributed by atoms with Gasteiger partial charge in [0.25, 0.3) is 0 Å². The first-order valence-corrected chi connectivity index (χ1v) is 3.56. The van der Waals surface area contributed by atoms with Crippen LogP contribution in [0.4, 0.5) is 13.6 Å². The lowest BCUT2D eigenvalue weighted by atomic mass is 10.2. The molecule has 0 aliphatic carbocycles. The predicted octanol–water partition coefficient (Wildman–Crippen LogP) is 1.57. The van der Waals surface area contributed by atoms with Gasteiger partial charge >= 0.3 is 6.09 Å². The fourth-order valence-electron chi connectivity index (χ4n) is 0.812. The molecule has 0 saturated carbocycles. The molecular weight excluding hydrogens is 194 g/mol. The Kier molecular flexibility index (Phi) is 3.11. The molecule has 0 bridgehead atoms. The van der Waals surface area contributed by atoms with Gasteiger partial charge in [-0.2, -0.15) is 5.10 Å². The lowest BCUT2D eigenvalue weighted by Gasteiger charge is -1.94. The standard InChI is InChI=1S/C8H6F2N2O2/c9-6-1-5(2-7(10)3-6)4-11-12-8(13)14/h1-4,12H,(H,13,14)/b11-4+. The highest BCUT2D eigenvalue weighted by molar-refractivity contribution is 5.80. The molecule has 0 unspecified atom stereocenters. The molecule has 0 spiro atoms. The Balaban J connectivity index is 2.76. The first kappa shape index (κ1) is 10.1. The molecule has 0 radical (unpaired) electrons. The summed E-state index contributed by atoms with van der Waals surface area (Å²) in [5, 5.41) is 11.3. The maximum absolute atomic E-state index is 12.6.